The summed E-state index contributed by atoms with van der Waals surface area (Å²) in [6.45, 7) is 2.08. The Bertz CT molecular complexity index is 526. The molecule has 0 saturated carbocycles. The summed E-state index contributed by atoms with van der Waals surface area (Å²) in [4.78, 5) is 15.7. The molecule has 2 amide bonds. The van der Waals surface area contributed by atoms with Crippen molar-refractivity contribution in [1.82, 2.24) is 4.98 Å². The van der Waals surface area contributed by atoms with Crippen LogP contribution < -0.4 is 10.6 Å². The number of hydrogen-bond acceptors (Lipinski definition) is 2. The summed E-state index contributed by atoms with van der Waals surface area (Å²) in [5.74, 6) is 0. The second kappa shape index (κ2) is 5.82. The lowest BCUT2D eigenvalue weighted by molar-refractivity contribution is 0.262. The Labute approximate surface area is 106 Å². The highest BCUT2D eigenvalue weighted by Gasteiger charge is 2.02. The minimum absolute atomic E-state index is 0.267. The van der Waals surface area contributed by atoms with Crippen molar-refractivity contribution in [2.24, 2.45) is 0 Å². The van der Waals surface area contributed by atoms with E-state index < -0.39 is 0 Å². The normalized spacial score (nSPS) is 9.83. The molecule has 0 saturated heterocycles. The van der Waals surface area contributed by atoms with Crippen LogP contribution >= 0.6 is 0 Å². The maximum absolute atomic E-state index is 11.7. The summed E-state index contributed by atoms with van der Waals surface area (Å²) in [6.07, 6.45) is 4.20. The van der Waals surface area contributed by atoms with Crippen molar-refractivity contribution < 1.29 is 4.79 Å². The third-order valence-corrected chi connectivity index (χ3v) is 2.51. The molecular weight excluding hydrogens is 226 g/mol. The lowest BCUT2D eigenvalue weighted by Crippen LogP contribution is -2.19. The Kier molecular flexibility index (Phi) is 3.91. The number of nitrogens with one attached hydrogen (secondary N) is 2. The number of carbonyl (C=O) groups is 1. The van der Waals surface area contributed by atoms with Gasteiger partial charge in [-0.25, -0.2) is 4.79 Å². The second-order valence-electron chi connectivity index (χ2n) is 3.87. The Morgan fingerprint density at radius 1 is 1.17 bits per heavy atom. The van der Waals surface area contributed by atoms with Crippen LogP contribution in [0.1, 0.15) is 12.5 Å². The summed E-state index contributed by atoms with van der Waals surface area (Å²) >= 11 is 0. The highest BCUT2D eigenvalue weighted by atomic mass is 16.2. The molecule has 92 valence electrons. The molecule has 0 aliphatic carbocycles. The van der Waals surface area contributed by atoms with Crippen LogP contribution in [0.5, 0.6) is 0 Å². The average molecular weight is 241 g/mol. The van der Waals surface area contributed by atoms with E-state index in [1.807, 2.05) is 24.3 Å². The first kappa shape index (κ1) is 12.1. The number of pyridine rings is 1. The highest BCUT2D eigenvalue weighted by Crippen LogP contribution is 2.12. The van der Waals surface area contributed by atoms with Crippen LogP contribution in [0.2, 0.25) is 0 Å². The van der Waals surface area contributed by atoms with Crippen molar-refractivity contribution in [1.29, 1.82) is 0 Å². The molecule has 2 N–H and O–H groups in total. The molecule has 0 aliphatic heterocycles. The van der Waals surface area contributed by atoms with E-state index in [1.54, 1.807) is 24.5 Å². The van der Waals surface area contributed by atoms with E-state index in [9.17, 15) is 4.79 Å². The fraction of sp³-hybridized carbons (Fsp3) is 0.143. The molecule has 4 nitrogen and oxygen atoms in total. The van der Waals surface area contributed by atoms with E-state index >= 15 is 0 Å². The van der Waals surface area contributed by atoms with Crippen molar-refractivity contribution in [2.75, 3.05) is 10.6 Å². The van der Waals surface area contributed by atoms with Gasteiger partial charge in [-0.1, -0.05) is 19.1 Å². The monoisotopic (exact) mass is 241 g/mol. The molecule has 1 aromatic carbocycles. The van der Waals surface area contributed by atoms with E-state index in [0.717, 1.165) is 12.1 Å². The molecule has 0 radical (unpaired) electrons. The average Bonchev–Trinajstić information content (AvgIpc) is 2.40. The van der Waals surface area contributed by atoms with E-state index in [4.69, 9.17) is 0 Å². The quantitative estimate of drug-likeness (QED) is 0.866. The predicted octanol–water partition coefficient (Wildman–Crippen LogP) is 3.29. The zero-order valence-electron chi connectivity index (χ0n) is 10.2. The smallest absolute Gasteiger partial charge is 0.308 e. The van der Waals surface area contributed by atoms with Gasteiger partial charge >= 0.3 is 6.03 Å². The van der Waals surface area contributed by atoms with Gasteiger partial charge in [0.15, 0.2) is 0 Å². The second-order valence-corrected chi connectivity index (χ2v) is 3.87. The molecule has 2 aromatic rings. The van der Waals surface area contributed by atoms with Crippen LogP contribution in [0.3, 0.4) is 0 Å². The number of aromatic nitrogens is 1. The van der Waals surface area contributed by atoms with Gasteiger partial charge < -0.3 is 10.6 Å². The first-order valence-corrected chi connectivity index (χ1v) is 5.85. The standard InChI is InChI=1S/C14H15N3O/c1-2-11-5-3-6-12(9-11)16-14(18)17-13-7-4-8-15-10-13/h3-10H,2H2,1H3,(H2,16,17,18). The molecule has 0 aliphatic rings. The van der Waals surface area contributed by atoms with Crippen molar-refractivity contribution >= 4 is 17.4 Å². The maximum atomic E-state index is 11.7. The largest absolute Gasteiger partial charge is 0.323 e. The highest BCUT2D eigenvalue weighted by molar-refractivity contribution is 5.99. The van der Waals surface area contributed by atoms with Gasteiger partial charge in [0.25, 0.3) is 0 Å². The van der Waals surface area contributed by atoms with Gasteiger partial charge in [-0.05, 0) is 36.2 Å². The molecule has 2 rings (SSSR count). The summed E-state index contributed by atoms with van der Waals surface area (Å²) in [7, 11) is 0. The molecule has 0 spiro atoms. The fourth-order valence-electron chi connectivity index (χ4n) is 1.60. The molecule has 0 atom stereocenters. The first-order chi connectivity index (χ1) is 8.78. The third-order valence-electron chi connectivity index (χ3n) is 2.51. The minimum atomic E-state index is -0.267. The maximum Gasteiger partial charge on any atom is 0.323 e. The van der Waals surface area contributed by atoms with Crippen molar-refractivity contribution in [3.63, 3.8) is 0 Å². The van der Waals surface area contributed by atoms with Gasteiger partial charge in [-0.3, -0.25) is 4.98 Å². The molecule has 1 heterocycles. The zero-order chi connectivity index (χ0) is 12.8. The Morgan fingerprint density at radius 2 is 1.94 bits per heavy atom. The van der Waals surface area contributed by atoms with Gasteiger partial charge in [-0.15, -0.1) is 0 Å². The Morgan fingerprint density at radius 3 is 2.67 bits per heavy atom. The summed E-state index contributed by atoms with van der Waals surface area (Å²) in [5.41, 5.74) is 2.64. The van der Waals surface area contributed by atoms with Crippen molar-refractivity contribution in [3.8, 4) is 0 Å². The van der Waals surface area contributed by atoms with Gasteiger partial charge in [0.05, 0.1) is 11.9 Å². The number of urea groups is 1. The first-order valence-electron chi connectivity index (χ1n) is 5.85. The number of hydrogen-bond donors (Lipinski definition) is 2. The Hall–Kier alpha value is -2.36. The van der Waals surface area contributed by atoms with Crippen LogP contribution in [0.15, 0.2) is 48.8 Å². The number of nitrogens with zero attached hydrogens (tertiary/aromatic N) is 1. The number of aryl methyl sites for hydroxylation is 1. The lowest BCUT2D eigenvalue weighted by Gasteiger charge is -2.08. The van der Waals surface area contributed by atoms with Gasteiger partial charge in [0.1, 0.15) is 0 Å². The SMILES string of the molecule is CCc1cccc(NC(=O)Nc2cccnc2)c1. The number of amides is 2. The van der Waals surface area contributed by atoms with Crippen LogP contribution in [0, 0.1) is 0 Å². The summed E-state index contributed by atoms with van der Waals surface area (Å²) in [5, 5.41) is 5.50. The minimum Gasteiger partial charge on any atom is -0.308 e. The summed E-state index contributed by atoms with van der Waals surface area (Å²) < 4.78 is 0. The van der Waals surface area contributed by atoms with Crippen LogP contribution in [0.25, 0.3) is 0 Å². The number of anilines is 2. The molecule has 1 aromatic heterocycles. The van der Waals surface area contributed by atoms with Crippen LogP contribution in [0.4, 0.5) is 16.2 Å². The molecule has 0 fully saturated rings. The molecule has 0 bridgehead atoms. The van der Waals surface area contributed by atoms with E-state index in [2.05, 4.69) is 22.5 Å². The van der Waals surface area contributed by atoms with Crippen LogP contribution in [-0.4, -0.2) is 11.0 Å². The lowest BCUT2D eigenvalue weighted by atomic mass is 10.1. The third kappa shape index (κ3) is 3.31. The van der Waals surface area contributed by atoms with E-state index in [1.165, 1.54) is 5.56 Å². The zero-order valence-corrected chi connectivity index (χ0v) is 10.2. The van der Waals surface area contributed by atoms with Crippen molar-refractivity contribution in [2.45, 2.75) is 13.3 Å². The predicted molar refractivity (Wildman–Crippen MR) is 72.7 cm³/mol. The molecule has 4 heteroatoms. The van der Waals surface area contributed by atoms with Gasteiger partial charge in [0.2, 0.25) is 0 Å². The number of rotatable bonds is 3. The van der Waals surface area contributed by atoms with E-state index in [-0.39, 0.29) is 6.03 Å². The van der Waals surface area contributed by atoms with E-state index in [0.29, 0.717) is 5.69 Å². The molecule has 0 unspecified atom stereocenters. The molecule has 18 heavy (non-hydrogen) atoms. The summed E-state index contributed by atoms with van der Waals surface area (Å²) in [6, 6.07) is 11.1. The van der Waals surface area contributed by atoms with Crippen LogP contribution in [-0.2, 0) is 6.42 Å². The van der Waals surface area contributed by atoms with Gasteiger partial charge in [-0.2, -0.15) is 0 Å². The number of carbonyl (C=O) groups excluding carboxylic acids is 1. The number of benzene rings is 1. The molecular formula is C14H15N3O. The topological polar surface area (TPSA) is 54.0 Å². The Balaban J connectivity index is 1.99. The van der Waals surface area contributed by atoms with Crippen molar-refractivity contribution in [3.05, 3.63) is 54.4 Å². The van der Waals surface area contributed by atoms with Gasteiger partial charge in [0, 0.05) is 11.9 Å². The fourth-order valence-corrected chi connectivity index (χ4v) is 1.60.